The third-order valence-electron chi connectivity index (χ3n) is 7.20. The molecule has 1 aliphatic carbocycles. The molecule has 0 bridgehead atoms. The highest BCUT2D eigenvalue weighted by Gasteiger charge is 2.36. The Bertz CT molecular complexity index is 1090. The number of likely N-dealkylation sites (tertiary alicyclic amines) is 1. The molecule has 0 saturated carbocycles. The summed E-state index contributed by atoms with van der Waals surface area (Å²) in [6, 6.07) is 7.94. The van der Waals surface area contributed by atoms with Crippen LogP contribution in [0.5, 0.6) is 5.75 Å². The Balaban J connectivity index is 1.31. The van der Waals surface area contributed by atoms with E-state index in [0.717, 1.165) is 75.2 Å². The van der Waals surface area contributed by atoms with Crippen molar-refractivity contribution in [1.29, 1.82) is 0 Å². The molecule has 33 heavy (non-hydrogen) atoms. The number of carbonyl (C=O) groups is 1. The van der Waals surface area contributed by atoms with Crippen LogP contribution in [0.1, 0.15) is 60.8 Å². The number of nitrogens with one attached hydrogen (secondary N) is 1. The number of fused-ring (bicyclic) bond motifs is 1. The first-order chi connectivity index (χ1) is 16.1. The second kappa shape index (κ2) is 9.51. The molecule has 7 nitrogen and oxygen atoms in total. The molecule has 1 amide bonds. The number of hydrogen-bond acceptors (Lipinski definition) is 5. The number of methoxy groups -OCH3 is 1. The average Bonchev–Trinajstić information content (AvgIpc) is 3.35. The zero-order valence-electron chi connectivity index (χ0n) is 19.3. The number of ether oxygens (including phenoxy) is 1. The van der Waals surface area contributed by atoms with Gasteiger partial charge in [0, 0.05) is 38.5 Å². The van der Waals surface area contributed by atoms with Gasteiger partial charge in [-0.1, -0.05) is 24.3 Å². The largest absolute Gasteiger partial charge is 0.497 e. The number of aromatic amines is 1. The molecule has 2 aromatic rings. The van der Waals surface area contributed by atoms with Gasteiger partial charge in [0.25, 0.3) is 5.56 Å². The summed E-state index contributed by atoms with van der Waals surface area (Å²) < 4.78 is 5.24. The highest BCUT2D eigenvalue weighted by Crippen LogP contribution is 2.33. The monoisotopic (exact) mass is 448 g/mol. The summed E-state index contributed by atoms with van der Waals surface area (Å²) in [5.74, 6) is 1.79. The van der Waals surface area contributed by atoms with E-state index in [2.05, 4.69) is 34.2 Å². The topological polar surface area (TPSA) is 78.5 Å². The van der Waals surface area contributed by atoms with Crippen LogP contribution in [0, 0.1) is 5.92 Å². The first-order valence-electron chi connectivity index (χ1n) is 12.0. The molecule has 3 heterocycles. The summed E-state index contributed by atoms with van der Waals surface area (Å²) in [7, 11) is 1.66. The molecule has 1 fully saturated rings. The van der Waals surface area contributed by atoms with Gasteiger partial charge >= 0.3 is 0 Å². The van der Waals surface area contributed by atoms with E-state index in [1.54, 1.807) is 7.11 Å². The van der Waals surface area contributed by atoms with Crippen LogP contribution in [0.15, 0.2) is 41.2 Å². The third kappa shape index (κ3) is 4.60. The predicted octanol–water partition coefficient (Wildman–Crippen LogP) is 3.36. The summed E-state index contributed by atoms with van der Waals surface area (Å²) in [6.45, 7) is 2.98. The van der Waals surface area contributed by atoms with Gasteiger partial charge in [-0.15, -0.1) is 0 Å². The summed E-state index contributed by atoms with van der Waals surface area (Å²) in [6.07, 6.45) is 9.54. The Morgan fingerprint density at radius 2 is 2.03 bits per heavy atom. The van der Waals surface area contributed by atoms with Crippen LogP contribution in [0.25, 0.3) is 0 Å². The molecule has 0 unspecified atom stereocenters. The lowest BCUT2D eigenvalue weighted by Crippen LogP contribution is -2.39. The van der Waals surface area contributed by atoms with Crippen LogP contribution >= 0.6 is 0 Å². The number of rotatable bonds is 5. The second-order valence-electron chi connectivity index (χ2n) is 9.36. The van der Waals surface area contributed by atoms with Gasteiger partial charge in [-0.3, -0.25) is 14.5 Å². The second-order valence-corrected chi connectivity index (χ2v) is 9.36. The quantitative estimate of drug-likeness (QED) is 0.710. The fourth-order valence-electron chi connectivity index (χ4n) is 5.35. The molecule has 1 N–H and O–H groups in total. The Hall–Kier alpha value is -2.93. The third-order valence-corrected chi connectivity index (χ3v) is 7.20. The molecule has 2 atom stereocenters. The van der Waals surface area contributed by atoms with Gasteiger partial charge in [0.15, 0.2) is 0 Å². The lowest BCUT2D eigenvalue weighted by Gasteiger charge is -2.31. The Morgan fingerprint density at radius 1 is 1.18 bits per heavy atom. The molecular formula is C26H32N4O3. The van der Waals surface area contributed by atoms with Crippen molar-refractivity contribution in [2.24, 2.45) is 5.92 Å². The number of nitrogens with zero attached hydrogens (tertiary/aromatic N) is 3. The van der Waals surface area contributed by atoms with E-state index in [0.29, 0.717) is 12.4 Å². The molecule has 1 aromatic heterocycles. The van der Waals surface area contributed by atoms with Crippen molar-refractivity contribution in [3.63, 3.8) is 0 Å². The number of aromatic nitrogens is 2. The molecule has 2 aliphatic heterocycles. The lowest BCUT2D eigenvalue weighted by molar-refractivity contribution is -0.136. The van der Waals surface area contributed by atoms with E-state index in [-0.39, 0.29) is 23.4 Å². The van der Waals surface area contributed by atoms with Crippen molar-refractivity contribution in [3.05, 3.63) is 69.4 Å². The van der Waals surface area contributed by atoms with Gasteiger partial charge in [0.1, 0.15) is 11.6 Å². The number of benzene rings is 1. The number of carbonyl (C=O) groups excluding carboxylic acids is 1. The number of amides is 1. The van der Waals surface area contributed by atoms with E-state index in [1.807, 2.05) is 17.0 Å². The van der Waals surface area contributed by atoms with Crippen LogP contribution in [-0.2, 0) is 24.3 Å². The predicted molar refractivity (Wildman–Crippen MR) is 126 cm³/mol. The standard InChI is InChI=1S/C26H32N4O3/c1-33-20-11-9-18(10-12-20)16-29-15-13-22-21(17-29)25(31)28-24(27-22)23-8-5-14-30(23)26(32)19-6-3-2-4-7-19/h2-3,9-12,19,23H,4-8,13-17H2,1H3,(H,27,28,31)/t19-,23+/m0/s1. The molecule has 174 valence electrons. The van der Waals surface area contributed by atoms with Crippen LogP contribution < -0.4 is 10.3 Å². The van der Waals surface area contributed by atoms with Gasteiger partial charge in [0.05, 0.1) is 24.4 Å². The molecular weight excluding hydrogens is 416 g/mol. The van der Waals surface area contributed by atoms with Crippen molar-refractivity contribution < 1.29 is 9.53 Å². The van der Waals surface area contributed by atoms with Crippen LogP contribution in [0.3, 0.4) is 0 Å². The summed E-state index contributed by atoms with van der Waals surface area (Å²) >= 11 is 0. The maximum absolute atomic E-state index is 13.2. The Morgan fingerprint density at radius 3 is 2.79 bits per heavy atom. The van der Waals surface area contributed by atoms with E-state index in [1.165, 1.54) is 5.56 Å². The van der Waals surface area contributed by atoms with Gasteiger partial charge < -0.3 is 14.6 Å². The molecule has 5 rings (SSSR count). The van der Waals surface area contributed by atoms with Crippen molar-refractivity contribution in [2.75, 3.05) is 20.2 Å². The summed E-state index contributed by atoms with van der Waals surface area (Å²) in [5.41, 5.74) is 2.78. The maximum Gasteiger partial charge on any atom is 0.255 e. The van der Waals surface area contributed by atoms with Crippen molar-refractivity contribution in [2.45, 2.75) is 57.7 Å². The van der Waals surface area contributed by atoms with Crippen molar-refractivity contribution >= 4 is 5.91 Å². The van der Waals surface area contributed by atoms with Crippen LogP contribution in [-0.4, -0.2) is 45.9 Å². The normalized spacial score (nSPS) is 22.9. The van der Waals surface area contributed by atoms with E-state index in [4.69, 9.17) is 9.72 Å². The zero-order valence-corrected chi connectivity index (χ0v) is 19.3. The van der Waals surface area contributed by atoms with Gasteiger partial charge in [-0.2, -0.15) is 0 Å². The molecule has 1 saturated heterocycles. The van der Waals surface area contributed by atoms with Crippen molar-refractivity contribution in [3.8, 4) is 5.75 Å². The van der Waals surface area contributed by atoms with E-state index < -0.39 is 0 Å². The van der Waals surface area contributed by atoms with Crippen LogP contribution in [0.4, 0.5) is 0 Å². The van der Waals surface area contributed by atoms with E-state index >= 15 is 0 Å². The highest BCUT2D eigenvalue weighted by atomic mass is 16.5. The van der Waals surface area contributed by atoms with Gasteiger partial charge in [0.2, 0.25) is 5.91 Å². The zero-order chi connectivity index (χ0) is 22.8. The Kier molecular flexibility index (Phi) is 6.31. The molecule has 7 heteroatoms. The summed E-state index contributed by atoms with van der Waals surface area (Å²) in [4.78, 5) is 38.4. The highest BCUT2D eigenvalue weighted by molar-refractivity contribution is 5.80. The van der Waals surface area contributed by atoms with Crippen LogP contribution in [0.2, 0.25) is 0 Å². The minimum atomic E-state index is -0.112. The SMILES string of the molecule is COc1ccc(CN2CCc3nc([C@H]4CCCN4C(=O)[C@H]4CC=CCC4)[nH]c(=O)c3C2)cc1. The lowest BCUT2D eigenvalue weighted by atomic mass is 9.93. The molecule has 0 radical (unpaired) electrons. The number of H-pyrrole nitrogens is 1. The van der Waals surface area contributed by atoms with Gasteiger partial charge in [-0.05, 0) is 49.8 Å². The van der Waals surface area contributed by atoms with E-state index in [9.17, 15) is 9.59 Å². The maximum atomic E-state index is 13.2. The average molecular weight is 449 g/mol. The summed E-state index contributed by atoms with van der Waals surface area (Å²) in [5, 5.41) is 0. The fourth-order valence-corrected chi connectivity index (χ4v) is 5.35. The smallest absolute Gasteiger partial charge is 0.255 e. The van der Waals surface area contributed by atoms with Gasteiger partial charge in [-0.25, -0.2) is 4.98 Å². The number of hydrogen-bond donors (Lipinski definition) is 1. The first-order valence-corrected chi connectivity index (χ1v) is 12.0. The molecule has 0 spiro atoms. The minimum Gasteiger partial charge on any atom is -0.497 e. The number of allylic oxidation sites excluding steroid dienone is 2. The molecule has 3 aliphatic rings. The molecule has 1 aromatic carbocycles. The fraction of sp³-hybridized carbons (Fsp3) is 0.500. The first kappa shape index (κ1) is 21.9. The minimum absolute atomic E-state index is 0.0608. The Labute approximate surface area is 194 Å². The van der Waals surface area contributed by atoms with Crippen molar-refractivity contribution in [1.82, 2.24) is 19.8 Å².